The van der Waals surface area contributed by atoms with E-state index in [4.69, 9.17) is 9.84 Å². The van der Waals surface area contributed by atoms with Gasteiger partial charge in [0.2, 0.25) is 0 Å². The van der Waals surface area contributed by atoms with Crippen molar-refractivity contribution in [2.45, 2.75) is 63.9 Å². The maximum atomic E-state index is 14.3. The number of carboxylic acid groups (broad SMARTS) is 1. The quantitative estimate of drug-likeness (QED) is 0.337. The van der Waals surface area contributed by atoms with E-state index in [0.29, 0.717) is 18.0 Å². The molecule has 4 rings (SSSR count). The van der Waals surface area contributed by atoms with Gasteiger partial charge in [-0.25, -0.2) is 9.48 Å². The van der Waals surface area contributed by atoms with Crippen LogP contribution in [0.3, 0.4) is 0 Å². The molecule has 2 heterocycles. The topological polar surface area (TPSA) is 82.2 Å². The molecule has 1 aliphatic rings. The minimum Gasteiger partial charge on any atom is -0.476 e. The summed E-state index contributed by atoms with van der Waals surface area (Å²) in [4.78, 5) is 11.1. The van der Waals surface area contributed by atoms with Crippen molar-refractivity contribution < 1.29 is 27.8 Å². The molecule has 0 unspecified atom stereocenters. The van der Waals surface area contributed by atoms with Crippen LogP contribution in [-0.2, 0) is 24.2 Å². The number of aromatic nitrogens is 4. The van der Waals surface area contributed by atoms with Crippen molar-refractivity contribution in [3.63, 3.8) is 0 Å². The van der Waals surface area contributed by atoms with Crippen molar-refractivity contribution in [1.29, 1.82) is 0 Å². The van der Waals surface area contributed by atoms with Gasteiger partial charge in [-0.3, -0.25) is 0 Å². The number of ether oxygens (including phenoxy) is 1. The van der Waals surface area contributed by atoms with Crippen LogP contribution in [0.25, 0.3) is 10.9 Å². The zero-order valence-corrected chi connectivity index (χ0v) is 19.8. The maximum absolute atomic E-state index is 14.3. The lowest BCUT2D eigenvalue weighted by Crippen LogP contribution is -2.22. The minimum absolute atomic E-state index is 0.0275. The number of fused-ring (bicyclic) bond motifs is 1. The summed E-state index contributed by atoms with van der Waals surface area (Å²) in [6, 6.07) is 6.15. The Balaban J connectivity index is 1.78. The SMILES string of the molecule is C[Si](C)(C)CCOCn1c(Cn2cc(C(=O)O)nn2)c(C(F)(F)F)c2cc(C3CC3)ccc21. The highest BCUT2D eigenvalue weighted by Gasteiger charge is 2.39. The third-order valence-corrected chi connectivity index (χ3v) is 7.52. The summed E-state index contributed by atoms with van der Waals surface area (Å²) in [5.74, 6) is -0.981. The van der Waals surface area contributed by atoms with Gasteiger partial charge in [0.1, 0.15) is 6.73 Å². The number of halogens is 3. The van der Waals surface area contributed by atoms with Gasteiger partial charge in [0, 0.05) is 20.1 Å². The molecule has 1 fully saturated rings. The Morgan fingerprint density at radius 1 is 1.27 bits per heavy atom. The second kappa shape index (κ2) is 8.60. The summed E-state index contributed by atoms with van der Waals surface area (Å²) in [5.41, 5.74) is 0.258. The number of aromatic carboxylic acids is 1. The van der Waals surface area contributed by atoms with Crippen molar-refractivity contribution in [2.75, 3.05) is 6.61 Å². The van der Waals surface area contributed by atoms with Crippen LogP contribution in [0.1, 0.15) is 46.1 Å². The van der Waals surface area contributed by atoms with E-state index in [2.05, 4.69) is 30.0 Å². The van der Waals surface area contributed by atoms with Crippen molar-refractivity contribution in [3.05, 3.63) is 46.9 Å². The van der Waals surface area contributed by atoms with Crippen LogP contribution in [0.15, 0.2) is 24.4 Å². The van der Waals surface area contributed by atoms with E-state index >= 15 is 0 Å². The van der Waals surface area contributed by atoms with E-state index in [0.717, 1.165) is 35.3 Å². The zero-order valence-electron chi connectivity index (χ0n) is 18.8. The van der Waals surface area contributed by atoms with Gasteiger partial charge in [-0.05, 0) is 42.5 Å². The van der Waals surface area contributed by atoms with Gasteiger partial charge >= 0.3 is 12.1 Å². The molecule has 0 bridgehead atoms. The minimum atomic E-state index is -4.60. The largest absolute Gasteiger partial charge is 0.476 e. The average molecular weight is 481 g/mol. The number of carbonyl (C=O) groups is 1. The molecule has 0 saturated heterocycles. The normalized spacial score (nSPS) is 14.8. The number of hydrogen-bond acceptors (Lipinski definition) is 4. The molecule has 0 atom stereocenters. The molecule has 1 aromatic carbocycles. The van der Waals surface area contributed by atoms with Crippen LogP contribution >= 0.6 is 0 Å². The molecule has 1 saturated carbocycles. The molecule has 2 aromatic heterocycles. The molecule has 7 nitrogen and oxygen atoms in total. The van der Waals surface area contributed by atoms with Crippen LogP contribution in [0, 0.1) is 0 Å². The highest BCUT2D eigenvalue weighted by molar-refractivity contribution is 6.76. The van der Waals surface area contributed by atoms with Crippen molar-refractivity contribution >= 4 is 24.9 Å². The monoisotopic (exact) mass is 480 g/mol. The van der Waals surface area contributed by atoms with E-state index in [1.54, 1.807) is 12.1 Å². The molecule has 0 spiro atoms. The average Bonchev–Trinajstić information content (AvgIpc) is 3.36. The molecule has 11 heteroatoms. The molecule has 33 heavy (non-hydrogen) atoms. The highest BCUT2D eigenvalue weighted by Crippen LogP contribution is 2.44. The second-order valence-electron chi connectivity index (χ2n) is 9.75. The molecule has 3 aromatic rings. The number of alkyl halides is 3. The van der Waals surface area contributed by atoms with Crippen molar-refractivity contribution in [3.8, 4) is 0 Å². The standard InChI is InChI=1S/C22H27F3N4O3Si/c1-33(2,3)9-8-32-13-29-18-7-6-15(14-4-5-14)10-16(18)20(22(23,24)25)19(29)12-28-11-17(21(30)31)26-27-28/h6-7,10-11,14H,4-5,8-9,12-13H2,1-3H3,(H,30,31). The molecule has 178 valence electrons. The number of benzene rings is 1. The maximum Gasteiger partial charge on any atom is 0.418 e. The van der Waals surface area contributed by atoms with Crippen LogP contribution in [-0.4, -0.2) is 45.3 Å². The van der Waals surface area contributed by atoms with Crippen LogP contribution in [0.5, 0.6) is 0 Å². The van der Waals surface area contributed by atoms with E-state index in [1.807, 2.05) is 6.07 Å². The first-order valence-electron chi connectivity index (χ1n) is 10.9. The fourth-order valence-corrected chi connectivity index (χ4v) is 4.64. The fraction of sp³-hybridized carbons (Fsp3) is 0.500. The molecule has 0 amide bonds. The number of carboxylic acids is 1. The first-order chi connectivity index (χ1) is 15.4. The molecule has 0 radical (unpaired) electrons. The van der Waals surface area contributed by atoms with E-state index < -0.39 is 25.8 Å². The number of hydrogen-bond donors (Lipinski definition) is 1. The van der Waals surface area contributed by atoms with Gasteiger partial charge in [-0.2, -0.15) is 13.2 Å². The summed E-state index contributed by atoms with van der Waals surface area (Å²) >= 11 is 0. The number of rotatable bonds is 9. The van der Waals surface area contributed by atoms with Crippen LogP contribution in [0.2, 0.25) is 25.7 Å². The van der Waals surface area contributed by atoms with Gasteiger partial charge < -0.3 is 14.4 Å². The van der Waals surface area contributed by atoms with Gasteiger partial charge in [0.05, 0.1) is 29.5 Å². The third-order valence-electron chi connectivity index (χ3n) is 5.81. The van der Waals surface area contributed by atoms with Gasteiger partial charge in [0.15, 0.2) is 5.69 Å². The predicted molar refractivity (Wildman–Crippen MR) is 119 cm³/mol. The van der Waals surface area contributed by atoms with Crippen molar-refractivity contribution in [2.24, 2.45) is 0 Å². The lowest BCUT2D eigenvalue weighted by atomic mass is 10.0. The Morgan fingerprint density at radius 3 is 2.58 bits per heavy atom. The highest BCUT2D eigenvalue weighted by atomic mass is 28.3. The Bertz CT molecular complexity index is 1180. The van der Waals surface area contributed by atoms with Gasteiger partial charge in [0.25, 0.3) is 0 Å². The third kappa shape index (κ3) is 5.30. The van der Waals surface area contributed by atoms with E-state index in [-0.39, 0.29) is 30.0 Å². The van der Waals surface area contributed by atoms with Gasteiger partial charge in [-0.15, -0.1) is 5.10 Å². The Labute approximate surface area is 190 Å². The lowest BCUT2D eigenvalue weighted by molar-refractivity contribution is -0.137. The Hall–Kier alpha value is -2.66. The first-order valence-corrected chi connectivity index (χ1v) is 14.6. The van der Waals surface area contributed by atoms with Gasteiger partial charge in [-0.1, -0.05) is 30.9 Å². The predicted octanol–water partition coefficient (Wildman–Crippen LogP) is 5.19. The van der Waals surface area contributed by atoms with Crippen LogP contribution < -0.4 is 0 Å². The summed E-state index contributed by atoms with van der Waals surface area (Å²) in [6.45, 7) is 6.77. The van der Waals surface area contributed by atoms with E-state index in [9.17, 15) is 18.0 Å². The van der Waals surface area contributed by atoms with E-state index in [1.165, 1.54) is 4.57 Å². The summed E-state index contributed by atoms with van der Waals surface area (Å²) in [5, 5.41) is 16.5. The molecular weight excluding hydrogens is 453 g/mol. The molecule has 1 aliphatic carbocycles. The second-order valence-corrected chi connectivity index (χ2v) is 15.4. The summed E-state index contributed by atoms with van der Waals surface area (Å²) in [6.07, 6.45) is -1.50. The number of nitrogens with zero attached hydrogens (tertiary/aromatic N) is 4. The smallest absolute Gasteiger partial charge is 0.418 e. The first kappa shape index (κ1) is 23.5. The fourth-order valence-electron chi connectivity index (χ4n) is 3.89. The Kier molecular flexibility index (Phi) is 6.12. The van der Waals surface area contributed by atoms with Crippen molar-refractivity contribution in [1.82, 2.24) is 19.6 Å². The zero-order chi connectivity index (χ0) is 24.0. The molecule has 1 N–H and O–H groups in total. The molecule has 0 aliphatic heterocycles. The summed E-state index contributed by atoms with van der Waals surface area (Å²) < 4.78 is 51.5. The summed E-state index contributed by atoms with van der Waals surface area (Å²) in [7, 11) is -1.36. The Morgan fingerprint density at radius 2 is 2.00 bits per heavy atom. The lowest BCUT2D eigenvalue weighted by Gasteiger charge is -2.17. The van der Waals surface area contributed by atoms with Crippen LogP contribution in [0.4, 0.5) is 13.2 Å². The molecular formula is C22H27F3N4O3Si.